The second kappa shape index (κ2) is 28.5. The molecule has 404 valence electrons. The first-order chi connectivity index (χ1) is 37.4. The molecular weight excluding hydrogens is 1050 g/mol. The molecule has 0 fully saturated rings. The number of rotatable bonds is 33. The van der Waals surface area contributed by atoms with Gasteiger partial charge in [-0.15, -0.1) is 45.3 Å². The molecule has 0 amide bonds. The minimum absolute atomic E-state index is 0.248. The largest absolute Gasteiger partial charge is 0.203 e. The third kappa shape index (κ3) is 13.2. The minimum Gasteiger partial charge on any atom is -0.203 e. The highest BCUT2D eigenvalue weighted by molar-refractivity contribution is 7.25. The van der Waals surface area contributed by atoms with E-state index >= 15 is 8.78 Å². The lowest BCUT2D eigenvalue weighted by Gasteiger charge is -2.30. The lowest BCUT2D eigenvalue weighted by molar-refractivity contribution is 0.516. The Morgan fingerprint density at radius 1 is 0.421 bits per heavy atom. The van der Waals surface area contributed by atoms with Crippen LogP contribution in [0.3, 0.4) is 0 Å². The molecule has 10 heteroatoms. The number of nitrogens with zero attached hydrogens (tertiary/aromatic N) is 2. The van der Waals surface area contributed by atoms with E-state index in [1.807, 2.05) is 11.3 Å². The standard InChI is InChI=1S/C66H82F2N2S5Si/c1-5-9-13-17-21-25-32-48-44-55(73-65(48)53-35-31-41-71-53)59-61(67)62(68)60(64-63(59)69-75-70-64)56-45-49(33-26-22-18-14-10-6-2)66(74-56)54-40-39-52(72-54)47-37-38-51-50-34-27-28-36-57(50)76(58(51)46-47,42-29-23-19-15-11-7-3)43-30-24-20-16-12-8-4/h27-28,31,34-41,44-46H,5-26,29-30,32-33,42-43H2,1-4H3. The highest BCUT2D eigenvalue weighted by Crippen LogP contribution is 2.50. The molecule has 1 aliphatic rings. The monoisotopic (exact) mass is 1130 g/mol. The number of benzene rings is 3. The number of aromatic nitrogens is 2. The Morgan fingerprint density at radius 3 is 1.45 bits per heavy atom. The molecule has 2 nitrogen and oxygen atoms in total. The van der Waals surface area contributed by atoms with E-state index in [2.05, 4.69) is 112 Å². The van der Waals surface area contributed by atoms with E-state index in [0.717, 1.165) is 58.5 Å². The van der Waals surface area contributed by atoms with Gasteiger partial charge in [0, 0.05) is 34.1 Å². The van der Waals surface area contributed by atoms with Gasteiger partial charge in [-0.25, -0.2) is 8.78 Å². The van der Waals surface area contributed by atoms with Gasteiger partial charge < -0.3 is 0 Å². The number of thiophene rings is 4. The van der Waals surface area contributed by atoms with Crippen molar-refractivity contribution in [3.8, 4) is 62.0 Å². The van der Waals surface area contributed by atoms with Crippen LogP contribution in [-0.4, -0.2) is 16.8 Å². The van der Waals surface area contributed by atoms with Gasteiger partial charge >= 0.3 is 0 Å². The van der Waals surface area contributed by atoms with Crippen LogP contribution in [-0.2, 0) is 12.8 Å². The van der Waals surface area contributed by atoms with Crippen LogP contribution in [0.4, 0.5) is 8.78 Å². The summed E-state index contributed by atoms with van der Waals surface area (Å²) in [4.78, 5) is 7.43. The summed E-state index contributed by atoms with van der Waals surface area (Å²) >= 11 is 7.79. The maximum Gasteiger partial charge on any atom is 0.170 e. The van der Waals surface area contributed by atoms with Crippen LogP contribution in [0.1, 0.15) is 193 Å². The fraction of sp³-hybridized carbons (Fsp3) is 0.485. The number of hydrogen-bond donors (Lipinski definition) is 0. The van der Waals surface area contributed by atoms with Gasteiger partial charge in [-0.2, -0.15) is 8.75 Å². The molecule has 76 heavy (non-hydrogen) atoms. The minimum atomic E-state index is -2.05. The molecule has 3 aromatic carbocycles. The van der Waals surface area contributed by atoms with Crippen LogP contribution in [0.2, 0.25) is 12.1 Å². The van der Waals surface area contributed by atoms with E-state index in [4.69, 9.17) is 8.75 Å². The average molecular weight is 1130 g/mol. The first-order valence-corrected chi connectivity index (χ1v) is 36.2. The van der Waals surface area contributed by atoms with Gasteiger partial charge in [-0.05, 0) is 112 Å². The van der Waals surface area contributed by atoms with Gasteiger partial charge in [0.2, 0.25) is 0 Å². The van der Waals surface area contributed by atoms with E-state index in [9.17, 15) is 0 Å². The van der Waals surface area contributed by atoms with Crippen LogP contribution in [0.5, 0.6) is 0 Å². The van der Waals surface area contributed by atoms with E-state index in [1.54, 1.807) is 44.4 Å². The van der Waals surface area contributed by atoms with Gasteiger partial charge in [-0.1, -0.05) is 217 Å². The van der Waals surface area contributed by atoms with Crippen molar-refractivity contribution in [1.29, 1.82) is 0 Å². The Morgan fingerprint density at radius 2 is 0.908 bits per heavy atom. The Labute approximate surface area is 476 Å². The number of unbranched alkanes of at least 4 members (excludes halogenated alkanes) is 20. The first-order valence-electron chi connectivity index (χ1n) is 29.7. The Balaban J connectivity index is 1.06. The number of aryl methyl sites for hydroxylation is 2. The number of fused-ring (bicyclic) bond motifs is 4. The van der Waals surface area contributed by atoms with Crippen molar-refractivity contribution in [3.05, 3.63) is 107 Å². The molecule has 5 aromatic heterocycles. The smallest absolute Gasteiger partial charge is 0.170 e. The van der Waals surface area contributed by atoms with Crippen LogP contribution in [0.25, 0.3) is 73.0 Å². The van der Waals surface area contributed by atoms with Crippen LogP contribution >= 0.6 is 57.1 Å². The summed E-state index contributed by atoms with van der Waals surface area (Å²) in [6, 6.07) is 32.7. The van der Waals surface area contributed by atoms with Crippen LogP contribution in [0.15, 0.2) is 84.2 Å². The van der Waals surface area contributed by atoms with Gasteiger partial charge in [-0.3, -0.25) is 0 Å². The third-order valence-corrected chi connectivity index (χ3v) is 27.0. The summed E-state index contributed by atoms with van der Waals surface area (Å²) in [6.45, 7) is 9.15. The van der Waals surface area contributed by atoms with Gasteiger partial charge in [0.25, 0.3) is 0 Å². The summed E-state index contributed by atoms with van der Waals surface area (Å²) < 4.78 is 44.0. The fourth-order valence-electron chi connectivity index (χ4n) is 12.2. The highest BCUT2D eigenvalue weighted by Gasteiger charge is 2.44. The molecule has 0 bridgehead atoms. The quantitative estimate of drug-likeness (QED) is 0.0303. The predicted octanol–water partition coefficient (Wildman–Crippen LogP) is 22.6. The van der Waals surface area contributed by atoms with E-state index in [0.29, 0.717) is 11.0 Å². The normalized spacial score (nSPS) is 12.9. The summed E-state index contributed by atoms with van der Waals surface area (Å²) in [7, 11) is -2.05. The summed E-state index contributed by atoms with van der Waals surface area (Å²) in [6.07, 6.45) is 32.2. The molecule has 8 aromatic rings. The van der Waals surface area contributed by atoms with Gasteiger partial charge in [0.1, 0.15) is 19.1 Å². The van der Waals surface area contributed by atoms with Crippen molar-refractivity contribution in [3.63, 3.8) is 0 Å². The van der Waals surface area contributed by atoms with Crippen molar-refractivity contribution < 1.29 is 8.78 Å². The summed E-state index contributed by atoms with van der Waals surface area (Å²) in [5, 5.41) is 5.43. The molecule has 0 spiro atoms. The third-order valence-electron chi connectivity index (χ3n) is 16.3. The van der Waals surface area contributed by atoms with Gasteiger partial charge in [0.05, 0.1) is 22.9 Å². The first kappa shape index (κ1) is 57.1. The zero-order valence-corrected chi connectivity index (χ0v) is 51.2. The number of hydrogen-bond acceptors (Lipinski definition) is 7. The Kier molecular flexibility index (Phi) is 21.4. The molecule has 0 unspecified atom stereocenters. The second-order valence-electron chi connectivity index (χ2n) is 21.9. The molecule has 0 saturated carbocycles. The Bertz CT molecular complexity index is 3050. The molecular formula is C66H82F2N2S5Si. The number of halogens is 2. The molecule has 0 saturated heterocycles. The van der Waals surface area contributed by atoms with Gasteiger partial charge in [0.15, 0.2) is 11.6 Å². The molecule has 0 aliphatic carbocycles. The zero-order valence-electron chi connectivity index (χ0n) is 46.1. The SMILES string of the molecule is CCCCCCCCc1cc(-c2c(F)c(F)c(-c3cc(CCCCCCCC)c(-c4ccc(-c5ccc6c(c5)[Si](CCCCCCCC)(CCCCCCCC)c5ccccc5-6)s4)s3)c3nsnc23)sc1-c1cccs1. The lowest BCUT2D eigenvalue weighted by atomic mass is 10.0. The molecule has 0 atom stereocenters. The predicted molar refractivity (Wildman–Crippen MR) is 337 cm³/mol. The van der Waals surface area contributed by atoms with E-state index < -0.39 is 19.7 Å². The fourth-order valence-corrected chi connectivity index (χ4v) is 22.9. The summed E-state index contributed by atoms with van der Waals surface area (Å²) in [5.41, 5.74) is 8.12. The zero-order chi connectivity index (χ0) is 52.7. The second-order valence-corrected chi connectivity index (χ2v) is 30.8. The molecule has 0 N–H and O–H groups in total. The van der Waals surface area contributed by atoms with Crippen molar-refractivity contribution in [2.24, 2.45) is 0 Å². The van der Waals surface area contributed by atoms with Crippen LogP contribution < -0.4 is 10.4 Å². The highest BCUT2D eigenvalue weighted by atomic mass is 32.1. The topological polar surface area (TPSA) is 25.8 Å². The van der Waals surface area contributed by atoms with Crippen molar-refractivity contribution in [2.75, 3.05) is 0 Å². The summed E-state index contributed by atoms with van der Waals surface area (Å²) in [5.74, 6) is -1.64. The molecule has 9 rings (SSSR count). The maximum absolute atomic E-state index is 17.3. The Hall–Kier alpha value is -3.64. The van der Waals surface area contributed by atoms with Crippen molar-refractivity contribution in [2.45, 2.75) is 207 Å². The van der Waals surface area contributed by atoms with Crippen molar-refractivity contribution in [1.82, 2.24) is 8.75 Å². The maximum atomic E-state index is 17.3. The molecule has 6 heterocycles. The lowest BCUT2D eigenvalue weighted by Crippen LogP contribution is -2.55. The average Bonchev–Trinajstić information content (AvgIpc) is 4.33. The van der Waals surface area contributed by atoms with E-state index in [1.165, 1.54) is 194 Å². The van der Waals surface area contributed by atoms with Crippen molar-refractivity contribution >= 4 is 86.6 Å². The van der Waals surface area contributed by atoms with E-state index in [-0.39, 0.29) is 11.1 Å². The molecule has 0 radical (unpaired) electrons. The molecule has 1 aliphatic heterocycles. The van der Waals surface area contributed by atoms with Crippen LogP contribution in [0, 0.1) is 11.6 Å².